The third-order valence-electron chi connectivity index (χ3n) is 4.99. The third kappa shape index (κ3) is 1.78. The number of nitrogens with two attached hydrogens (primary N) is 1. The van der Waals surface area contributed by atoms with Crippen LogP contribution in [0.25, 0.3) is 0 Å². The maximum Gasteiger partial charge on any atom is 0.233 e. The molecule has 0 aromatic rings. The summed E-state index contributed by atoms with van der Waals surface area (Å²) in [6.45, 7) is 0. The van der Waals surface area contributed by atoms with Gasteiger partial charge in [-0.15, -0.1) is 0 Å². The Balaban J connectivity index is 1.83. The average molecular weight is 250 g/mol. The average Bonchev–Trinajstić information content (AvgIpc) is 2.64. The van der Waals surface area contributed by atoms with Gasteiger partial charge in [-0.2, -0.15) is 0 Å². The van der Waals surface area contributed by atoms with E-state index in [0.29, 0.717) is 0 Å². The smallest absolute Gasteiger partial charge is 0.233 e. The summed E-state index contributed by atoms with van der Waals surface area (Å²) in [5.41, 5.74) is 6.13. The van der Waals surface area contributed by atoms with Crippen LogP contribution in [0.4, 0.5) is 0 Å². The Morgan fingerprint density at radius 1 is 0.833 bits per heavy atom. The van der Waals surface area contributed by atoms with E-state index in [2.05, 4.69) is 0 Å². The van der Waals surface area contributed by atoms with Crippen LogP contribution in [0, 0.1) is 11.8 Å². The van der Waals surface area contributed by atoms with E-state index in [0.717, 1.165) is 51.4 Å². The standard InChI is InChI=1S/C14H22N2O2/c15-11-7-3-4-8-12(11)16-13(17)9-5-1-2-6-10(9)14(16)18/h9-12H,1-8,15H2. The van der Waals surface area contributed by atoms with Crippen molar-refractivity contribution in [1.82, 2.24) is 4.90 Å². The van der Waals surface area contributed by atoms with Crippen LogP contribution >= 0.6 is 0 Å². The van der Waals surface area contributed by atoms with E-state index < -0.39 is 0 Å². The molecule has 4 nitrogen and oxygen atoms in total. The Labute approximate surface area is 108 Å². The first-order chi connectivity index (χ1) is 8.70. The molecular weight excluding hydrogens is 228 g/mol. The number of fused-ring (bicyclic) bond motifs is 1. The van der Waals surface area contributed by atoms with Gasteiger partial charge >= 0.3 is 0 Å². The lowest BCUT2D eigenvalue weighted by molar-refractivity contribution is -0.143. The Hall–Kier alpha value is -0.900. The summed E-state index contributed by atoms with van der Waals surface area (Å²) in [6, 6.07) is -0.0313. The first-order valence-electron chi connectivity index (χ1n) is 7.32. The first kappa shape index (κ1) is 12.2. The minimum atomic E-state index is -0.0274. The van der Waals surface area contributed by atoms with Crippen molar-refractivity contribution < 1.29 is 9.59 Å². The van der Waals surface area contributed by atoms with Crippen molar-refractivity contribution in [2.24, 2.45) is 17.6 Å². The Kier molecular flexibility index (Phi) is 3.14. The summed E-state index contributed by atoms with van der Waals surface area (Å²) in [6.07, 6.45) is 8.03. The Bertz CT molecular complexity index is 345. The van der Waals surface area contributed by atoms with Crippen molar-refractivity contribution in [3.05, 3.63) is 0 Å². The van der Waals surface area contributed by atoms with Crippen molar-refractivity contribution in [3.8, 4) is 0 Å². The molecule has 18 heavy (non-hydrogen) atoms. The van der Waals surface area contributed by atoms with Crippen molar-refractivity contribution in [1.29, 1.82) is 0 Å². The molecule has 0 bridgehead atoms. The predicted molar refractivity (Wildman–Crippen MR) is 67.5 cm³/mol. The number of amides is 2. The van der Waals surface area contributed by atoms with Gasteiger partial charge in [0.15, 0.2) is 0 Å². The van der Waals surface area contributed by atoms with Gasteiger partial charge in [-0.3, -0.25) is 14.5 Å². The van der Waals surface area contributed by atoms with Crippen LogP contribution in [0.2, 0.25) is 0 Å². The van der Waals surface area contributed by atoms with Gasteiger partial charge in [0.1, 0.15) is 0 Å². The third-order valence-corrected chi connectivity index (χ3v) is 4.99. The molecule has 3 rings (SSSR count). The minimum Gasteiger partial charge on any atom is -0.326 e. The molecular formula is C14H22N2O2. The second-order valence-corrected chi connectivity index (χ2v) is 6.06. The molecule has 4 atom stereocenters. The largest absolute Gasteiger partial charge is 0.326 e. The van der Waals surface area contributed by atoms with E-state index >= 15 is 0 Å². The summed E-state index contributed by atoms with van der Waals surface area (Å²) < 4.78 is 0. The fourth-order valence-corrected chi connectivity index (χ4v) is 3.98. The quantitative estimate of drug-likeness (QED) is 0.716. The molecule has 2 N–H and O–H groups in total. The minimum absolute atomic E-state index is 0.00759. The maximum atomic E-state index is 12.4. The van der Waals surface area contributed by atoms with E-state index in [1.165, 1.54) is 0 Å². The second-order valence-electron chi connectivity index (χ2n) is 6.06. The number of imide groups is 1. The van der Waals surface area contributed by atoms with Crippen LogP contribution in [-0.2, 0) is 9.59 Å². The van der Waals surface area contributed by atoms with Crippen LogP contribution in [0.5, 0.6) is 0 Å². The molecule has 4 heteroatoms. The van der Waals surface area contributed by atoms with Crippen molar-refractivity contribution >= 4 is 11.8 Å². The van der Waals surface area contributed by atoms with Gasteiger partial charge in [0, 0.05) is 6.04 Å². The monoisotopic (exact) mass is 250 g/mol. The van der Waals surface area contributed by atoms with Crippen LogP contribution in [-0.4, -0.2) is 28.8 Å². The molecule has 2 aliphatic carbocycles. The molecule has 1 aliphatic heterocycles. The molecule has 4 unspecified atom stereocenters. The Morgan fingerprint density at radius 3 is 1.89 bits per heavy atom. The molecule has 0 spiro atoms. The SMILES string of the molecule is NC1CCCCC1N1C(=O)C2CCCCC2C1=O. The number of rotatable bonds is 1. The number of hydrogen-bond acceptors (Lipinski definition) is 3. The van der Waals surface area contributed by atoms with E-state index in [-0.39, 0.29) is 35.7 Å². The van der Waals surface area contributed by atoms with Crippen LogP contribution in [0.3, 0.4) is 0 Å². The van der Waals surface area contributed by atoms with Crippen LogP contribution < -0.4 is 5.73 Å². The number of carbonyl (C=O) groups is 2. The molecule has 1 heterocycles. The normalized spacial score (nSPS) is 41.1. The highest BCUT2D eigenvalue weighted by Crippen LogP contribution is 2.40. The number of likely N-dealkylation sites (tertiary alicyclic amines) is 1. The first-order valence-corrected chi connectivity index (χ1v) is 7.32. The molecule has 0 aromatic carbocycles. The lowest BCUT2D eigenvalue weighted by Gasteiger charge is -2.34. The topological polar surface area (TPSA) is 63.4 Å². The molecule has 3 aliphatic rings. The van der Waals surface area contributed by atoms with E-state index in [1.54, 1.807) is 4.90 Å². The van der Waals surface area contributed by atoms with Crippen molar-refractivity contribution in [2.45, 2.75) is 63.5 Å². The molecule has 0 aromatic heterocycles. The fourth-order valence-electron chi connectivity index (χ4n) is 3.98. The summed E-state index contributed by atoms with van der Waals surface area (Å²) >= 11 is 0. The molecule has 3 fully saturated rings. The van der Waals surface area contributed by atoms with Gasteiger partial charge in [0.25, 0.3) is 0 Å². The molecule has 2 saturated carbocycles. The van der Waals surface area contributed by atoms with E-state index in [1.807, 2.05) is 0 Å². The highest BCUT2D eigenvalue weighted by Gasteiger charge is 2.51. The predicted octanol–water partition coefficient (Wildman–Crippen LogP) is 1.43. The number of nitrogens with zero attached hydrogens (tertiary/aromatic N) is 1. The summed E-state index contributed by atoms with van der Waals surface area (Å²) in [5.74, 6) is 0.0971. The van der Waals surface area contributed by atoms with Crippen molar-refractivity contribution in [3.63, 3.8) is 0 Å². The molecule has 2 amide bonds. The Morgan fingerprint density at radius 2 is 1.33 bits per heavy atom. The lowest BCUT2D eigenvalue weighted by Crippen LogP contribution is -2.52. The number of hydrogen-bond donors (Lipinski definition) is 1. The summed E-state index contributed by atoms with van der Waals surface area (Å²) in [5, 5.41) is 0. The zero-order valence-electron chi connectivity index (χ0n) is 10.8. The highest BCUT2D eigenvalue weighted by atomic mass is 16.2. The van der Waals surface area contributed by atoms with E-state index in [9.17, 15) is 9.59 Å². The fraction of sp³-hybridized carbons (Fsp3) is 0.857. The molecule has 0 radical (unpaired) electrons. The highest BCUT2D eigenvalue weighted by molar-refractivity contribution is 6.05. The lowest BCUT2D eigenvalue weighted by atomic mass is 9.81. The van der Waals surface area contributed by atoms with Gasteiger partial charge in [-0.1, -0.05) is 25.7 Å². The van der Waals surface area contributed by atoms with E-state index in [4.69, 9.17) is 5.73 Å². The van der Waals surface area contributed by atoms with Gasteiger partial charge in [-0.25, -0.2) is 0 Å². The van der Waals surface area contributed by atoms with Crippen LogP contribution in [0.1, 0.15) is 51.4 Å². The van der Waals surface area contributed by atoms with Gasteiger partial charge in [-0.05, 0) is 25.7 Å². The van der Waals surface area contributed by atoms with Gasteiger partial charge < -0.3 is 5.73 Å². The summed E-state index contributed by atoms with van der Waals surface area (Å²) in [4.78, 5) is 26.4. The van der Waals surface area contributed by atoms with Crippen LogP contribution in [0.15, 0.2) is 0 Å². The maximum absolute atomic E-state index is 12.4. The number of carbonyl (C=O) groups excluding carboxylic acids is 2. The van der Waals surface area contributed by atoms with Gasteiger partial charge in [0.05, 0.1) is 17.9 Å². The van der Waals surface area contributed by atoms with Gasteiger partial charge in [0.2, 0.25) is 11.8 Å². The van der Waals surface area contributed by atoms with Crippen molar-refractivity contribution in [2.75, 3.05) is 0 Å². The second kappa shape index (κ2) is 4.65. The molecule has 100 valence electrons. The zero-order valence-corrected chi connectivity index (χ0v) is 10.8. The molecule has 1 saturated heterocycles. The summed E-state index contributed by atoms with van der Waals surface area (Å²) in [7, 11) is 0. The zero-order chi connectivity index (χ0) is 12.7.